The number of carboxylic acids is 1. The van der Waals surface area contributed by atoms with Crippen LogP contribution in [0.3, 0.4) is 0 Å². The second-order valence-electron chi connectivity index (χ2n) is 9.04. The molecule has 0 spiro atoms. The minimum atomic E-state index is -0.839. The number of benzene rings is 1. The quantitative estimate of drug-likeness (QED) is 0.381. The summed E-state index contributed by atoms with van der Waals surface area (Å²) in [7, 11) is 1.58. The first-order valence-electron chi connectivity index (χ1n) is 11.8. The lowest BCUT2D eigenvalue weighted by molar-refractivity contribution is -0.139. The van der Waals surface area contributed by atoms with E-state index in [1.807, 2.05) is 18.2 Å². The van der Waals surface area contributed by atoms with Crippen molar-refractivity contribution in [3.8, 4) is 17.6 Å². The van der Waals surface area contributed by atoms with E-state index in [1.165, 1.54) is 17.4 Å². The summed E-state index contributed by atoms with van der Waals surface area (Å²) in [4.78, 5) is 18.5. The number of likely N-dealkylation sites (tertiary alicyclic amines) is 1. The van der Waals surface area contributed by atoms with Crippen molar-refractivity contribution in [2.75, 3.05) is 26.7 Å². The summed E-state index contributed by atoms with van der Waals surface area (Å²) in [5.41, 5.74) is 1.33. The van der Waals surface area contributed by atoms with Crippen molar-refractivity contribution < 1.29 is 24.1 Å². The number of aliphatic hydroxyl groups is 1. The number of pyridine rings is 1. The number of methoxy groups -OCH3 is 1. The number of fused-ring (bicyclic) bond motifs is 1. The lowest BCUT2D eigenvalue weighted by Gasteiger charge is -2.37. The standard InChI is InChI=1S/C27H28ClFN2O4S/c1-35-19-5-6-23-20(14-19)27(21(28)15-30-23)24(32)7-4-17-8-11-31(16-18(17)13-26(33)34)10-2-3-25-22(29)9-12-36-25/h5-6,9,12,14-15,17-18,24,32H,4,7-8,10-11,13,16H2,1H3,(H,33,34)/t17?,18?,24-/m1/s1. The van der Waals surface area contributed by atoms with Crippen LogP contribution >= 0.6 is 22.9 Å². The maximum Gasteiger partial charge on any atom is 0.303 e. The number of hydrogen-bond acceptors (Lipinski definition) is 6. The maximum absolute atomic E-state index is 13.6. The van der Waals surface area contributed by atoms with Gasteiger partial charge < -0.3 is 14.9 Å². The van der Waals surface area contributed by atoms with Gasteiger partial charge in [-0.3, -0.25) is 14.7 Å². The molecule has 9 heteroatoms. The summed E-state index contributed by atoms with van der Waals surface area (Å²) in [6, 6.07) is 6.86. The number of piperidine rings is 1. The minimum absolute atomic E-state index is 0.0559. The van der Waals surface area contributed by atoms with Crippen molar-refractivity contribution in [2.45, 2.75) is 31.8 Å². The van der Waals surface area contributed by atoms with Crippen molar-refractivity contribution >= 4 is 39.8 Å². The number of halogens is 2. The summed E-state index contributed by atoms with van der Waals surface area (Å²) in [5, 5.41) is 23.4. The first-order valence-corrected chi connectivity index (χ1v) is 13.1. The maximum atomic E-state index is 13.6. The Morgan fingerprint density at radius 2 is 2.22 bits per heavy atom. The molecule has 0 saturated carbocycles. The molecule has 3 aromatic rings. The molecule has 1 aromatic carbocycles. The van der Waals surface area contributed by atoms with Gasteiger partial charge in [0.1, 0.15) is 16.4 Å². The van der Waals surface area contributed by atoms with E-state index in [0.29, 0.717) is 47.1 Å². The molecule has 190 valence electrons. The van der Waals surface area contributed by atoms with Crippen molar-refractivity contribution in [3.05, 3.63) is 57.1 Å². The number of rotatable bonds is 8. The molecular weight excluding hydrogens is 503 g/mol. The second kappa shape index (κ2) is 12.0. The Morgan fingerprint density at radius 1 is 1.39 bits per heavy atom. The Labute approximate surface area is 218 Å². The van der Waals surface area contributed by atoms with Gasteiger partial charge in [0.15, 0.2) is 0 Å². The summed E-state index contributed by atoms with van der Waals surface area (Å²) in [6.45, 7) is 1.84. The van der Waals surface area contributed by atoms with Crippen LogP contribution in [0.25, 0.3) is 10.9 Å². The van der Waals surface area contributed by atoms with Gasteiger partial charge in [-0.15, -0.1) is 11.3 Å². The molecule has 4 rings (SSSR count). The number of hydrogen-bond donors (Lipinski definition) is 2. The highest BCUT2D eigenvalue weighted by Crippen LogP contribution is 2.37. The number of aliphatic hydroxyl groups excluding tert-OH is 1. The number of carboxylic acid groups (broad SMARTS) is 1. The van der Waals surface area contributed by atoms with Crippen LogP contribution < -0.4 is 4.74 Å². The summed E-state index contributed by atoms with van der Waals surface area (Å²) < 4.78 is 18.9. The molecule has 2 unspecified atom stereocenters. The Balaban J connectivity index is 1.42. The zero-order valence-corrected chi connectivity index (χ0v) is 21.5. The molecule has 0 amide bonds. The summed E-state index contributed by atoms with van der Waals surface area (Å²) in [6.07, 6.45) is 2.71. The van der Waals surface area contributed by atoms with E-state index >= 15 is 0 Å². The molecule has 0 radical (unpaired) electrons. The molecule has 3 heterocycles. The Kier molecular flexibility index (Phi) is 8.81. The van der Waals surface area contributed by atoms with Crippen LogP contribution in [0.4, 0.5) is 4.39 Å². The van der Waals surface area contributed by atoms with Crippen LogP contribution in [0, 0.1) is 29.5 Å². The molecule has 2 N–H and O–H groups in total. The van der Waals surface area contributed by atoms with Gasteiger partial charge in [0, 0.05) is 30.1 Å². The molecule has 1 aliphatic heterocycles. The van der Waals surface area contributed by atoms with E-state index in [0.717, 1.165) is 23.9 Å². The molecule has 3 atom stereocenters. The monoisotopic (exact) mass is 530 g/mol. The van der Waals surface area contributed by atoms with Crippen LogP contribution in [0.1, 0.15) is 42.2 Å². The number of ether oxygens (including phenoxy) is 1. The van der Waals surface area contributed by atoms with E-state index in [9.17, 15) is 19.4 Å². The van der Waals surface area contributed by atoms with E-state index in [2.05, 4.69) is 21.7 Å². The zero-order valence-electron chi connectivity index (χ0n) is 19.9. The van der Waals surface area contributed by atoms with Gasteiger partial charge >= 0.3 is 5.97 Å². The topological polar surface area (TPSA) is 82.9 Å². The highest BCUT2D eigenvalue weighted by molar-refractivity contribution is 7.10. The van der Waals surface area contributed by atoms with Gasteiger partial charge in [0.2, 0.25) is 0 Å². The molecule has 1 saturated heterocycles. The largest absolute Gasteiger partial charge is 0.497 e. The predicted octanol–water partition coefficient (Wildman–Crippen LogP) is 5.38. The third-order valence-electron chi connectivity index (χ3n) is 6.75. The average molecular weight is 531 g/mol. The number of aromatic nitrogens is 1. The normalized spacial score (nSPS) is 19.0. The number of aliphatic carboxylic acids is 1. The highest BCUT2D eigenvalue weighted by atomic mass is 35.5. The molecule has 1 fully saturated rings. The molecule has 6 nitrogen and oxygen atoms in total. The van der Waals surface area contributed by atoms with Gasteiger partial charge in [-0.05, 0) is 67.3 Å². The lowest BCUT2D eigenvalue weighted by atomic mass is 9.79. The van der Waals surface area contributed by atoms with Gasteiger partial charge in [-0.1, -0.05) is 23.4 Å². The fourth-order valence-electron chi connectivity index (χ4n) is 4.90. The zero-order chi connectivity index (χ0) is 25.7. The average Bonchev–Trinajstić information content (AvgIpc) is 3.27. The first-order chi connectivity index (χ1) is 17.4. The molecule has 2 aromatic heterocycles. The molecule has 36 heavy (non-hydrogen) atoms. The minimum Gasteiger partial charge on any atom is -0.497 e. The number of thiophene rings is 1. The van der Waals surface area contributed by atoms with Crippen molar-refractivity contribution in [1.82, 2.24) is 9.88 Å². The lowest BCUT2D eigenvalue weighted by Crippen LogP contribution is -2.41. The van der Waals surface area contributed by atoms with E-state index in [4.69, 9.17) is 16.3 Å². The Hall–Kier alpha value is -2.70. The Morgan fingerprint density at radius 3 is 2.94 bits per heavy atom. The SMILES string of the molecule is COc1ccc2ncc(Cl)c([C@H](O)CCC3CCN(CC#Cc4sccc4F)CC3CC(=O)O)c2c1. The van der Waals surface area contributed by atoms with Gasteiger partial charge in [0.05, 0.1) is 30.3 Å². The van der Waals surface area contributed by atoms with Crippen LogP contribution in [0.15, 0.2) is 35.8 Å². The van der Waals surface area contributed by atoms with Gasteiger partial charge in [-0.25, -0.2) is 4.39 Å². The highest BCUT2D eigenvalue weighted by Gasteiger charge is 2.31. The first kappa shape index (κ1) is 26.4. The van der Waals surface area contributed by atoms with Crippen LogP contribution in [0.2, 0.25) is 5.02 Å². The van der Waals surface area contributed by atoms with Gasteiger partial charge in [-0.2, -0.15) is 0 Å². The van der Waals surface area contributed by atoms with Crippen LogP contribution in [-0.4, -0.2) is 52.8 Å². The third kappa shape index (κ3) is 6.34. The van der Waals surface area contributed by atoms with Gasteiger partial charge in [0.25, 0.3) is 0 Å². The van der Waals surface area contributed by atoms with Crippen LogP contribution in [-0.2, 0) is 4.79 Å². The van der Waals surface area contributed by atoms with Crippen LogP contribution in [0.5, 0.6) is 5.75 Å². The molecule has 1 aliphatic rings. The van der Waals surface area contributed by atoms with E-state index in [1.54, 1.807) is 18.7 Å². The number of carbonyl (C=O) groups is 1. The van der Waals surface area contributed by atoms with Crippen molar-refractivity contribution in [2.24, 2.45) is 11.8 Å². The number of nitrogens with zero attached hydrogens (tertiary/aromatic N) is 2. The molecule has 0 bridgehead atoms. The second-order valence-corrected chi connectivity index (χ2v) is 10.4. The molecule has 0 aliphatic carbocycles. The van der Waals surface area contributed by atoms with E-state index < -0.39 is 12.1 Å². The predicted molar refractivity (Wildman–Crippen MR) is 139 cm³/mol. The summed E-state index contributed by atoms with van der Waals surface area (Å²) >= 11 is 7.71. The Bertz CT molecular complexity index is 1290. The summed E-state index contributed by atoms with van der Waals surface area (Å²) in [5.74, 6) is 5.48. The van der Waals surface area contributed by atoms with E-state index in [-0.39, 0.29) is 24.1 Å². The third-order valence-corrected chi connectivity index (χ3v) is 7.85. The molecular formula is C27H28ClFN2O4S. The fourth-order valence-corrected chi connectivity index (χ4v) is 5.81. The van der Waals surface area contributed by atoms with Crippen molar-refractivity contribution in [1.29, 1.82) is 0 Å². The fraction of sp³-hybridized carbons (Fsp3) is 0.407. The smallest absolute Gasteiger partial charge is 0.303 e. The van der Waals surface area contributed by atoms with Crippen molar-refractivity contribution in [3.63, 3.8) is 0 Å².